The Bertz CT molecular complexity index is 2660. The van der Waals surface area contributed by atoms with Gasteiger partial charge in [0.1, 0.15) is 0 Å². The van der Waals surface area contributed by atoms with Crippen molar-refractivity contribution in [2.45, 2.75) is 77.3 Å². The number of carbonyl (C=O) groups excluding carboxylic acids is 1. The summed E-state index contributed by atoms with van der Waals surface area (Å²) in [5, 5.41) is 21.2. The molecule has 4 heterocycles. The fraction of sp³-hybridized carbons (Fsp3) is 0.322. The summed E-state index contributed by atoms with van der Waals surface area (Å²) in [6.07, 6.45) is 13.1. The van der Waals surface area contributed by atoms with Crippen LogP contribution in [0.1, 0.15) is 87.1 Å². The van der Waals surface area contributed by atoms with Crippen molar-refractivity contribution in [2.75, 3.05) is 46.5 Å². The van der Waals surface area contributed by atoms with Crippen molar-refractivity contribution in [1.29, 1.82) is 0 Å². The molecule has 0 atom stereocenters. The van der Waals surface area contributed by atoms with E-state index in [0.717, 1.165) is 128 Å². The van der Waals surface area contributed by atoms with Crippen LogP contribution in [0, 0.1) is 0 Å². The Morgan fingerprint density at radius 3 is 1.04 bits per heavy atom. The number of aromatic nitrogens is 3. The predicted octanol–water partition coefficient (Wildman–Crippen LogP) is 8.33. The van der Waals surface area contributed by atoms with Gasteiger partial charge in [-0.2, -0.15) is 0 Å². The van der Waals surface area contributed by atoms with Crippen molar-refractivity contribution < 1.29 is 45.6 Å². The standard InChI is InChI=1S/C34H34N4.C14H9NO.C6H16N2.C4H8O.CH4O.B.Na.H/c1(11-21-35-23-29-25-13-3-7-17-31(25)37-32-18-8-4-14-26(29)32)2-12-22-36-24-30-27-15-5-9-19-33(27)38-34-20-10-6-16-28(30)34;16-9-12-10-5-1-3-7-13(10)15-14-8-4-2-6-11(12)14;7-5-3-1-2-4-6-8;1-2-4-5-3-1;1-2;;;/h3-10,13-20,35-36H,1-2,11-12,21-24H2;1-9H;1-8H2;1-4H2;2H,1H3;;;/q;;;;;;+1;-1. The summed E-state index contributed by atoms with van der Waals surface area (Å²) in [7, 11) is 1.00. The normalized spacial score (nSPS) is 11.5. The van der Waals surface area contributed by atoms with Crippen LogP contribution in [0.3, 0.4) is 0 Å². The summed E-state index contributed by atoms with van der Waals surface area (Å²) in [5.41, 5.74) is 20.0. The van der Waals surface area contributed by atoms with Crippen molar-refractivity contribution in [1.82, 2.24) is 25.6 Å². The topological polar surface area (TPSA) is 161 Å². The Kier molecular flexibility index (Phi) is 27.5. The number of aliphatic hydroxyl groups is 1. The number of benzene rings is 6. The average Bonchev–Trinajstić information content (AvgIpc) is 4.01. The fourth-order valence-corrected chi connectivity index (χ4v) is 8.67. The van der Waals surface area contributed by atoms with Crippen LogP contribution in [0.2, 0.25) is 0 Å². The number of pyridine rings is 3. The molecular formula is C59H72BN7NaO3. The van der Waals surface area contributed by atoms with Gasteiger partial charge in [0.15, 0.2) is 6.29 Å². The van der Waals surface area contributed by atoms with E-state index < -0.39 is 0 Å². The van der Waals surface area contributed by atoms with Crippen LogP contribution < -0.4 is 51.7 Å². The molecule has 3 aromatic heterocycles. The number of carbonyl (C=O) groups is 1. The quantitative estimate of drug-likeness (QED) is 0.0260. The van der Waals surface area contributed by atoms with E-state index in [2.05, 4.69) is 113 Å². The third-order valence-corrected chi connectivity index (χ3v) is 12.2. The first kappa shape index (κ1) is 58.4. The number of fused-ring (bicyclic) bond motifs is 6. The van der Waals surface area contributed by atoms with E-state index in [1.807, 2.05) is 48.5 Å². The summed E-state index contributed by atoms with van der Waals surface area (Å²) >= 11 is 0. The molecule has 0 aliphatic carbocycles. The molecule has 9 aromatic rings. The number of nitrogens with zero attached hydrogens (tertiary/aromatic N) is 3. The number of aliphatic hydroxyl groups excluding tert-OH is 1. The van der Waals surface area contributed by atoms with E-state index in [1.54, 1.807) is 0 Å². The summed E-state index contributed by atoms with van der Waals surface area (Å²) in [6.45, 7) is 7.47. The molecule has 3 radical (unpaired) electrons. The van der Waals surface area contributed by atoms with Gasteiger partial charge in [-0.3, -0.25) is 4.79 Å². The summed E-state index contributed by atoms with van der Waals surface area (Å²) in [4.78, 5) is 25.4. The molecule has 0 amide bonds. The van der Waals surface area contributed by atoms with E-state index >= 15 is 0 Å². The SMILES string of the molecule is C1CCOC1.CO.NCCCCCCN.O=Cc1c2ccccc2nc2ccccc12.[B].[H-].[Na+].c1ccc2c(CNCCCCCCNCc3c4ccccc4nc4ccccc34)c3ccccc3nc2c1. The maximum Gasteiger partial charge on any atom is 1.00 e. The summed E-state index contributed by atoms with van der Waals surface area (Å²) in [6, 6.07) is 49.3. The van der Waals surface area contributed by atoms with Gasteiger partial charge in [-0.15, -0.1) is 0 Å². The van der Waals surface area contributed by atoms with Gasteiger partial charge in [-0.05, 0) is 112 Å². The van der Waals surface area contributed by atoms with Crippen LogP contribution >= 0.6 is 0 Å². The first-order valence-electron chi connectivity index (χ1n) is 24.8. The minimum Gasteiger partial charge on any atom is -1.00 e. The number of para-hydroxylation sites is 6. The zero-order chi connectivity index (χ0) is 48.3. The molecule has 0 spiro atoms. The second-order valence-electron chi connectivity index (χ2n) is 17.0. The Labute approximate surface area is 446 Å². The molecule has 71 heavy (non-hydrogen) atoms. The van der Waals surface area contributed by atoms with E-state index in [1.165, 1.54) is 84.0 Å². The zero-order valence-electron chi connectivity index (χ0n) is 43.0. The smallest absolute Gasteiger partial charge is 1.00 e. The van der Waals surface area contributed by atoms with Gasteiger partial charge in [0.2, 0.25) is 0 Å². The van der Waals surface area contributed by atoms with Crippen molar-refractivity contribution in [3.8, 4) is 0 Å². The number of hydrogen-bond donors (Lipinski definition) is 5. The molecule has 365 valence electrons. The maximum absolute atomic E-state index is 11.2. The van der Waals surface area contributed by atoms with Crippen molar-refractivity contribution in [2.24, 2.45) is 11.5 Å². The Balaban J connectivity index is 0.000000330. The average molecular weight is 961 g/mol. The molecule has 12 heteroatoms. The van der Waals surface area contributed by atoms with Crippen LogP contribution in [-0.2, 0) is 17.8 Å². The van der Waals surface area contributed by atoms with Crippen molar-refractivity contribution >= 4 is 80.1 Å². The van der Waals surface area contributed by atoms with Gasteiger partial charge < -0.3 is 33.4 Å². The van der Waals surface area contributed by atoms with E-state index in [4.69, 9.17) is 31.3 Å². The van der Waals surface area contributed by atoms with Gasteiger partial charge >= 0.3 is 29.6 Å². The maximum atomic E-state index is 11.2. The Hall–Kier alpha value is -5.18. The first-order valence-corrected chi connectivity index (χ1v) is 24.8. The van der Waals surface area contributed by atoms with Crippen LogP contribution in [0.4, 0.5) is 0 Å². The van der Waals surface area contributed by atoms with Gasteiger partial charge in [-0.1, -0.05) is 135 Å². The number of hydrogen-bond acceptors (Lipinski definition) is 10. The van der Waals surface area contributed by atoms with E-state index in [9.17, 15) is 4.79 Å². The van der Waals surface area contributed by atoms with Crippen LogP contribution in [0.25, 0.3) is 65.4 Å². The largest absolute Gasteiger partial charge is 1.00 e. The van der Waals surface area contributed by atoms with Gasteiger partial charge in [0.25, 0.3) is 0 Å². The minimum absolute atomic E-state index is 0. The molecule has 1 aliphatic heterocycles. The number of ether oxygens (including phenoxy) is 1. The molecular weight excluding hydrogens is 888 g/mol. The molecule has 6 aromatic carbocycles. The Morgan fingerprint density at radius 2 is 0.761 bits per heavy atom. The van der Waals surface area contributed by atoms with Crippen LogP contribution in [-0.4, -0.2) is 81.3 Å². The second kappa shape index (κ2) is 33.5. The third-order valence-electron chi connectivity index (χ3n) is 12.2. The number of unbranched alkanes of at least 4 members (excludes halogenated alkanes) is 6. The third kappa shape index (κ3) is 17.2. The molecule has 0 saturated carbocycles. The van der Waals surface area contributed by atoms with Gasteiger partial charge in [0.05, 0.1) is 33.1 Å². The van der Waals surface area contributed by atoms with Crippen LogP contribution in [0.15, 0.2) is 146 Å². The van der Waals surface area contributed by atoms with E-state index in [0.29, 0.717) is 0 Å². The molecule has 1 aliphatic rings. The summed E-state index contributed by atoms with van der Waals surface area (Å²) < 4.78 is 4.94. The molecule has 1 saturated heterocycles. The molecule has 0 unspecified atom stereocenters. The number of nitrogens with two attached hydrogens (primary N) is 2. The summed E-state index contributed by atoms with van der Waals surface area (Å²) in [5.74, 6) is 0. The van der Waals surface area contributed by atoms with Crippen LogP contribution in [0.5, 0.6) is 0 Å². The monoisotopic (exact) mass is 961 g/mol. The molecule has 10 rings (SSSR count). The first-order chi connectivity index (χ1) is 34.2. The van der Waals surface area contributed by atoms with Crippen molar-refractivity contribution in [3.63, 3.8) is 0 Å². The fourth-order valence-electron chi connectivity index (χ4n) is 8.67. The predicted molar refractivity (Wildman–Crippen MR) is 297 cm³/mol. The second-order valence-corrected chi connectivity index (χ2v) is 17.0. The number of nitrogens with one attached hydrogen (secondary N) is 2. The number of aldehydes is 1. The van der Waals surface area contributed by atoms with E-state index in [-0.39, 0.29) is 39.4 Å². The minimum atomic E-state index is 0. The Morgan fingerprint density at radius 1 is 0.479 bits per heavy atom. The molecule has 0 bridgehead atoms. The number of rotatable bonds is 17. The van der Waals surface area contributed by atoms with Gasteiger partial charge in [0, 0.05) is 79.7 Å². The molecule has 10 nitrogen and oxygen atoms in total. The molecule has 1 fully saturated rings. The van der Waals surface area contributed by atoms with Gasteiger partial charge in [-0.25, -0.2) is 15.0 Å². The molecule has 7 N–H and O–H groups in total. The van der Waals surface area contributed by atoms with Crippen molar-refractivity contribution in [3.05, 3.63) is 162 Å². The zero-order valence-corrected chi connectivity index (χ0v) is 44.0.